The molecular formula is C28H31ClN8O4. The first-order valence-corrected chi connectivity index (χ1v) is 14.2. The maximum atomic E-state index is 13.7. The summed E-state index contributed by atoms with van der Waals surface area (Å²) in [7, 11) is 0. The van der Waals surface area contributed by atoms with E-state index in [9.17, 15) is 19.2 Å². The number of aromatic nitrogens is 3. The summed E-state index contributed by atoms with van der Waals surface area (Å²) in [6, 6.07) is 9.34. The van der Waals surface area contributed by atoms with Gasteiger partial charge < -0.3 is 26.6 Å². The molecule has 3 fully saturated rings. The van der Waals surface area contributed by atoms with Gasteiger partial charge in [-0.2, -0.15) is 5.10 Å². The van der Waals surface area contributed by atoms with Crippen LogP contribution in [0.4, 0.5) is 11.5 Å². The van der Waals surface area contributed by atoms with Crippen molar-refractivity contribution in [3.63, 3.8) is 0 Å². The molecule has 2 saturated heterocycles. The molecule has 3 aliphatic rings. The summed E-state index contributed by atoms with van der Waals surface area (Å²) in [6.07, 6.45) is 4.17. The zero-order chi connectivity index (χ0) is 28.7. The lowest BCUT2D eigenvalue weighted by Crippen LogP contribution is -2.52. The number of benzene rings is 1. The molecule has 0 spiro atoms. The van der Waals surface area contributed by atoms with Gasteiger partial charge in [0.1, 0.15) is 23.6 Å². The molecule has 2 aromatic heterocycles. The van der Waals surface area contributed by atoms with Crippen LogP contribution in [0.5, 0.6) is 0 Å². The van der Waals surface area contributed by atoms with Crippen LogP contribution in [0.15, 0.2) is 36.4 Å². The zero-order valence-electron chi connectivity index (χ0n) is 22.3. The van der Waals surface area contributed by atoms with E-state index in [1.807, 2.05) is 0 Å². The Balaban J connectivity index is 1.22. The summed E-state index contributed by atoms with van der Waals surface area (Å²) >= 11 is 5.97. The predicted octanol–water partition coefficient (Wildman–Crippen LogP) is 2.14. The number of nitrogens with two attached hydrogens (primary N) is 1. The molecule has 41 heavy (non-hydrogen) atoms. The standard InChI is InChI=1S/C28H31ClN8O4/c29-21-4-1-5-22(33-21)34-28(41)25-15-6-8-18(11-15)37(25)23(38)14-36-20-9-7-17(12-19(20)24(35-36)26(30)39)32-27(40)16-3-2-10-31-13-16/h1,4-5,7,9,12,15-16,18,25,31H,2-3,6,8,10-11,13-14H2,(H2,30,39)(H,32,40)(H,33,34,41)/t15-,16?,18+,25-/m0/s1. The Hall–Kier alpha value is -4.03. The third kappa shape index (κ3) is 5.36. The van der Waals surface area contributed by atoms with E-state index in [0.717, 1.165) is 38.6 Å². The highest BCUT2D eigenvalue weighted by Crippen LogP contribution is 2.43. The minimum atomic E-state index is -0.743. The molecule has 1 aromatic carbocycles. The summed E-state index contributed by atoms with van der Waals surface area (Å²) < 4.78 is 1.44. The number of nitrogens with one attached hydrogen (secondary N) is 3. The average Bonchev–Trinajstić information content (AvgIpc) is 3.67. The molecule has 4 amide bonds. The van der Waals surface area contributed by atoms with Crippen molar-refractivity contribution < 1.29 is 19.2 Å². The number of primary amides is 1. The molecule has 214 valence electrons. The Morgan fingerprint density at radius 2 is 1.93 bits per heavy atom. The zero-order valence-corrected chi connectivity index (χ0v) is 23.1. The van der Waals surface area contributed by atoms with Crippen molar-refractivity contribution in [3.05, 3.63) is 47.2 Å². The monoisotopic (exact) mass is 578 g/mol. The highest BCUT2D eigenvalue weighted by molar-refractivity contribution is 6.29. The van der Waals surface area contributed by atoms with Crippen LogP contribution in [0, 0.1) is 11.8 Å². The Labute approximate surface area is 241 Å². The van der Waals surface area contributed by atoms with E-state index in [0.29, 0.717) is 29.0 Å². The third-order valence-corrected chi connectivity index (χ3v) is 8.52. The van der Waals surface area contributed by atoms with E-state index in [1.54, 1.807) is 41.3 Å². The first kappa shape index (κ1) is 27.2. The van der Waals surface area contributed by atoms with Gasteiger partial charge in [-0.05, 0) is 74.9 Å². The largest absolute Gasteiger partial charge is 0.364 e. The summed E-state index contributed by atoms with van der Waals surface area (Å²) in [4.78, 5) is 57.8. The molecular weight excluding hydrogens is 548 g/mol. The number of pyridine rings is 1. The van der Waals surface area contributed by atoms with Crippen LogP contribution in [-0.4, -0.2) is 68.5 Å². The number of hydrogen-bond acceptors (Lipinski definition) is 7. The quantitative estimate of drug-likeness (QED) is 0.312. The van der Waals surface area contributed by atoms with Crippen molar-refractivity contribution in [2.75, 3.05) is 23.7 Å². The number of hydrogen-bond donors (Lipinski definition) is 4. The maximum Gasteiger partial charge on any atom is 0.269 e. The van der Waals surface area contributed by atoms with Gasteiger partial charge in [0.2, 0.25) is 17.7 Å². The minimum Gasteiger partial charge on any atom is -0.364 e. The number of anilines is 2. The van der Waals surface area contributed by atoms with Crippen molar-refractivity contribution in [2.24, 2.45) is 17.6 Å². The van der Waals surface area contributed by atoms with Crippen molar-refractivity contribution in [3.8, 4) is 0 Å². The van der Waals surface area contributed by atoms with E-state index in [4.69, 9.17) is 17.3 Å². The molecule has 13 heteroatoms. The number of rotatable bonds is 7. The number of likely N-dealkylation sites (tertiary alicyclic amines) is 1. The van der Waals surface area contributed by atoms with Crippen molar-refractivity contribution in [1.29, 1.82) is 0 Å². The van der Waals surface area contributed by atoms with Crippen LogP contribution >= 0.6 is 11.6 Å². The van der Waals surface area contributed by atoms with Gasteiger partial charge in [-0.3, -0.25) is 23.9 Å². The Morgan fingerprint density at radius 3 is 2.68 bits per heavy atom. The first-order valence-electron chi connectivity index (χ1n) is 13.8. The van der Waals surface area contributed by atoms with Crippen LogP contribution in [0.25, 0.3) is 10.9 Å². The van der Waals surface area contributed by atoms with Crippen LogP contribution in [-0.2, 0) is 20.9 Å². The van der Waals surface area contributed by atoms with Gasteiger partial charge in [-0.15, -0.1) is 0 Å². The number of nitrogens with zero attached hydrogens (tertiary/aromatic N) is 4. The van der Waals surface area contributed by atoms with Gasteiger partial charge in [0, 0.05) is 23.7 Å². The van der Waals surface area contributed by atoms with Gasteiger partial charge in [0.15, 0.2) is 5.69 Å². The Kier molecular flexibility index (Phi) is 7.35. The normalized spacial score (nSPS) is 23.5. The Bertz CT molecular complexity index is 1530. The molecule has 1 aliphatic carbocycles. The number of fused-ring (bicyclic) bond motifs is 3. The lowest BCUT2D eigenvalue weighted by Gasteiger charge is -2.34. The number of piperidine rings is 2. The number of carbonyl (C=O) groups is 4. The molecule has 12 nitrogen and oxygen atoms in total. The second kappa shape index (κ2) is 11.1. The lowest BCUT2D eigenvalue weighted by atomic mass is 9.97. The molecule has 6 rings (SSSR count). The van der Waals surface area contributed by atoms with E-state index in [1.165, 1.54) is 4.68 Å². The maximum absolute atomic E-state index is 13.7. The summed E-state index contributed by atoms with van der Waals surface area (Å²) in [5.41, 5.74) is 6.69. The van der Waals surface area contributed by atoms with E-state index in [-0.39, 0.29) is 53.0 Å². The van der Waals surface area contributed by atoms with E-state index in [2.05, 4.69) is 26.0 Å². The van der Waals surface area contributed by atoms with E-state index >= 15 is 0 Å². The first-order chi connectivity index (χ1) is 19.8. The number of carbonyl (C=O) groups excluding carboxylic acids is 4. The topological polar surface area (TPSA) is 164 Å². The molecule has 1 unspecified atom stereocenters. The van der Waals surface area contributed by atoms with Crippen molar-refractivity contribution in [2.45, 2.75) is 50.7 Å². The van der Waals surface area contributed by atoms with E-state index < -0.39 is 11.9 Å². The minimum absolute atomic E-state index is 0.00694. The molecule has 5 N–H and O–H groups in total. The van der Waals surface area contributed by atoms with Gasteiger partial charge >= 0.3 is 0 Å². The highest BCUT2D eigenvalue weighted by Gasteiger charge is 2.51. The third-order valence-electron chi connectivity index (χ3n) is 8.31. The fourth-order valence-electron chi connectivity index (χ4n) is 6.45. The van der Waals surface area contributed by atoms with Gasteiger partial charge in [0.05, 0.1) is 11.4 Å². The van der Waals surface area contributed by atoms with Crippen molar-refractivity contribution >= 4 is 57.6 Å². The second-order valence-electron chi connectivity index (χ2n) is 10.9. The molecule has 1 saturated carbocycles. The lowest BCUT2D eigenvalue weighted by molar-refractivity contribution is -0.141. The second-order valence-corrected chi connectivity index (χ2v) is 11.3. The van der Waals surface area contributed by atoms with Gasteiger partial charge in [0.25, 0.3) is 5.91 Å². The predicted molar refractivity (Wildman–Crippen MR) is 152 cm³/mol. The molecule has 3 aromatic rings. The van der Waals surface area contributed by atoms with Crippen LogP contribution < -0.4 is 21.7 Å². The van der Waals surface area contributed by atoms with Crippen LogP contribution in [0.3, 0.4) is 0 Å². The number of halogens is 1. The smallest absolute Gasteiger partial charge is 0.269 e. The highest BCUT2D eigenvalue weighted by atomic mass is 35.5. The van der Waals surface area contributed by atoms with Crippen LogP contribution in [0.1, 0.15) is 42.6 Å². The molecule has 2 aliphatic heterocycles. The summed E-state index contributed by atoms with van der Waals surface area (Å²) in [6.45, 7) is 1.35. The van der Waals surface area contributed by atoms with Gasteiger partial charge in [-0.1, -0.05) is 17.7 Å². The molecule has 4 atom stereocenters. The average molecular weight is 579 g/mol. The van der Waals surface area contributed by atoms with Gasteiger partial charge in [-0.25, -0.2) is 4.98 Å². The Morgan fingerprint density at radius 1 is 1.07 bits per heavy atom. The summed E-state index contributed by atoms with van der Waals surface area (Å²) in [5.74, 6) is -1.19. The molecule has 4 heterocycles. The van der Waals surface area contributed by atoms with Crippen molar-refractivity contribution in [1.82, 2.24) is 25.0 Å². The number of amides is 4. The molecule has 0 radical (unpaired) electrons. The fourth-order valence-corrected chi connectivity index (χ4v) is 6.62. The fraction of sp³-hybridized carbons (Fsp3) is 0.429. The molecule has 2 bridgehead atoms. The summed E-state index contributed by atoms with van der Waals surface area (Å²) in [5, 5.41) is 14.0. The SMILES string of the molecule is NC(=O)c1nn(CC(=O)N2[C@@H]3CC[C@@H](C3)[C@H]2C(=O)Nc2cccc(Cl)n2)c2ccc(NC(=O)C3CCCNC3)cc12. The van der Waals surface area contributed by atoms with Crippen LogP contribution in [0.2, 0.25) is 5.15 Å².